The van der Waals surface area contributed by atoms with Crippen molar-refractivity contribution in [2.45, 2.75) is 24.5 Å². The predicted octanol–water partition coefficient (Wildman–Crippen LogP) is 3.01. The van der Waals surface area contributed by atoms with Crippen LogP contribution in [0.1, 0.15) is 13.8 Å². The summed E-state index contributed by atoms with van der Waals surface area (Å²) >= 11 is 1.49. The van der Waals surface area contributed by atoms with Crippen LogP contribution in [0.5, 0.6) is 0 Å². The van der Waals surface area contributed by atoms with E-state index in [4.69, 9.17) is 0 Å². The first-order valence-corrected chi connectivity index (χ1v) is 8.93. The Morgan fingerprint density at radius 1 is 1.24 bits per heavy atom. The van der Waals surface area contributed by atoms with E-state index in [9.17, 15) is 22.0 Å². The van der Waals surface area contributed by atoms with Gasteiger partial charge in [-0.15, -0.1) is 0 Å². The van der Waals surface area contributed by atoms with Gasteiger partial charge in [0.15, 0.2) is 0 Å². The first-order valence-electron chi connectivity index (χ1n) is 6.23. The lowest BCUT2D eigenvalue weighted by Crippen LogP contribution is -2.15. The van der Waals surface area contributed by atoms with Crippen molar-refractivity contribution in [3.05, 3.63) is 24.3 Å². The molecule has 0 fully saturated rings. The third-order valence-corrected chi connectivity index (χ3v) is 5.15. The number of rotatable bonds is 7. The first-order chi connectivity index (χ1) is 9.73. The highest BCUT2D eigenvalue weighted by Gasteiger charge is 2.26. The molecule has 1 amide bonds. The number of nitrogens with one attached hydrogen (secondary N) is 1. The molecule has 0 spiro atoms. The number of amides is 1. The van der Waals surface area contributed by atoms with Gasteiger partial charge in [-0.2, -0.15) is 20.5 Å². The maximum atomic E-state index is 12.4. The van der Waals surface area contributed by atoms with Crippen molar-refractivity contribution >= 4 is 33.2 Å². The van der Waals surface area contributed by atoms with Gasteiger partial charge in [-0.1, -0.05) is 13.8 Å². The number of anilines is 1. The molecule has 1 aromatic carbocycles. The maximum absolute atomic E-state index is 12.4. The minimum atomic E-state index is -4.60. The summed E-state index contributed by atoms with van der Waals surface area (Å²) < 4.78 is 47.2. The van der Waals surface area contributed by atoms with Crippen LogP contribution in [0, 0.1) is 5.92 Å². The Morgan fingerprint density at radius 2 is 1.81 bits per heavy atom. The Kier molecular flexibility index (Phi) is 6.60. The van der Waals surface area contributed by atoms with Gasteiger partial charge in [0.05, 0.1) is 10.6 Å². The lowest BCUT2D eigenvalue weighted by Gasteiger charge is -2.08. The van der Waals surface area contributed by atoms with E-state index in [1.165, 1.54) is 23.9 Å². The minimum Gasteiger partial charge on any atom is -0.325 e. The normalized spacial score (nSPS) is 11.9. The summed E-state index contributed by atoms with van der Waals surface area (Å²) in [6.45, 7) is 4.10. The Bertz CT molecular complexity index is 572. The van der Waals surface area contributed by atoms with E-state index in [1.807, 2.05) is 13.8 Å². The average molecular weight is 337 g/mol. The van der Waals surface area contributed by atoms with Crippen molar-refractivity contribution in [1.29, 1.82) is 0 Å². The topological polar surface area (TPSA) is 63.2 Å². The van der Waals surface area contributed by atoms with Crippen molar-refractivity contribution in [3.63, 3.8) is 0 Å². The van der Waals surface area contributed by atoms with Crippen LogP contribution in [0.3, 0.4) is 0 Å². The number of sulfone groups is 1. The van der Waals surface area contributed by atoms with Crippen LogP contribution >= 0.6 is 11.8 Å². The molecule has 0 aromatic heterocycles. The highest BCUT2D eigenvalue weighted by molar-refractivity contribution is 7.99. The maximum Gasteiger partial charge on any atom is 0.341 e. The summed E-state index contributed by atoms with van der Waals surface area (Å²) in [5, 5.41) is 2.58. The molecule has 21 heavy (non-hydrogen) atoms. The van der Waals surface area contributed by atoms with Crippen LogP contribution in [0.15, 0.2) is 29.2 Å². The highest BCUT2D eigenvalue weighted by Crippen LogP contribution is 2.20. The third kappa shape index (κ3) is 5.62. The number of hydrogen-bond donors (Lipinski definition) is 1. The molecule has 1 rings (SSSR count). The quantitative estimate of drug-likeness (QED) is 0.831. The largest absolute Gasteiger partial charge is 0.341 e. The molecule has 0 unspecified atom stereocenters. The van der Waals surface area contributed by atoms with Crippen LogP contribution in [0.2, 0.25) is 0 Å². The van der Waals surface area contributed by atoms with Crippen LogP contribution in [0.25, 0.3) is 0 Å². The molecular formula is C13H17F2NO3S2. The first kappa shape index (κ1) is 17.9. The molecule has 0 radical (unpaired) electrons. The molecule has 0 bridgehead atoms. The Hall–Kier alpha value is -1.15. The zero-order valence-corrected chi connectivity index (χ0v) is 13.3. The second-order valence-electron chi connectivity index (χ2n) is 4.79. The van der Waals surface area contributed by atoms with Gasteiger partial charge in [-0.05, 0) is 35.9 Å². The number of halogens is 2. The Balaban J connectivity index is 2.61. The summed E-state index contributed by atoms with van der Waals surface area (Å²) in [5.41, 5.74) is 0.373. The van der Waals surface area contributed by atoms with Gasteiger partial charge in [0.25, 0.3) is 0 Å². The molecule has 0 heterocycles. The van der Waals surface area contributed by atoms with Crippen LogP contribution in [-0.4, -0.2) is 31.6 Å². The molecule has 0 saturated heterocycles. The molecule has 0 aliphatic carbocycles. The molecule has 0 atom stereocenters. The minimum absolute atomic E-state index is 0.217. The van der Waals surface area contributed by atoms with Crippen LogP contribution < -0.4 is 5.32 Å². The molecule has 0 saturated carbocycles. The number of hydrogen-bond acceptors (Lipinski definition) is 4. The second kappa shape index (κ2) is 7.74. The molecule has 1 N–H and O–H groups in total. The summed E-state index contributed by atoms with van der Waals surface area (Å²) in [6, 6.07) is 4.69. The van der Waals surface area contributed by atoms with Crippen molar-refractivity contribution in [3.8, 4) is 0 Å². The molecular weight excluding hydrogens is 320 g/mol. The Morgan fingerprint density at radius 3 is 2.29 bits per heavy atom. The lowest BCUT2D eigenvalue weighted by molar-refractivity contribution is -0.113. The van der Waals surface area contributed by atoms with E-state index < -0.39 is 20.5 Å². The number of alkyl halides is 2. The SMILES string of the molecule is CC(C)CSCC(=O)Nc1ccc(S(=O)(=O)C(F)F)cc1. The van der Waals surface area contributed by atoms with Crippen molar-refractivity contribution in [1.82, 2.24) is 0 Å². The summed E-state index contributed by atoms with van der Waals surface area (Å²) in [4.78, 5) is 11.1. The molecule has 4 nitrogen and oxygen atoms in total. The van der Waals surface area contributed by atoms with E-state index in [0.29, 0.717) is 11.6 Å². The summed E-state index contributed by atoms with van der Waals surface area (Å²) in [6.07, 6.45) is 0. The van der Waals surface area contributed by atoms with Crippen LogP contribution in [-0.2, 0) is 14.6 Å². The molecule has 0 aliphatic rings. The standard InChI is InChI=1S/C13H17F2NO3S2/c1-9(2)7-20-8-12(17)16-10-3-5-11(6-4-10)21(18,19)13(14)15/h3-6,9,13H,7-8H2,1-2H3,(H,16,17). The van der Waals surface area contributed by atoms with Gasteiger partial charge < -0.3 is 5.32 Å². The molecule has 1 aromatic rings. The smallest absolute Gasteiger partial charge is 0.325 e. The van der Waals surface area contributed by atoms with E-state index in [1.54, 1.807) is 0 Å². The van der Waals surface area contributed by atoms with Gasteiger partial charge in [-0.25, -0.2) is 8.42 Å². The highest BCUT2D eigenvalue weighted by atomic mass is 32.2. The zero-order valence-electron chi connectivity index (χ0n) is 11.7. The monoisotopic (exact) mass is 337 g/mol. The van der Waals surface area contributed by atoms with Gasteiger partial charge >= 0.3 is 5.76 Å². The fourth-order valence-electron chi connectivity index (χ4n) is 1.42. The van der Waals surface area contributed by atoms with Crippen molar-refractivity contribution in [2.24, 2.45) is 5.92 Å². The molecule has 0 aliphatic heterocycles. The Labute approximate surface area is 127 Å². The summed E-state index contributed by atoms with van der Waals surface area (Å²) in [7, 11) is -4.60. The van der Waals surface area contributed by atoms with E-state index in [2.05, 4.69) is 5.32 Å². The van der Waals surface area contributed by atoms with Gasteiger partial charge in [-0.3, -0.25) is 4.79 Å². The van der Waals surface area contributed by atoms with Crippen molar-refractivity contribution in [2.75, 3.05) is 16.8 Å². The number of benzene rings is 1. The third-order valence-electron chi connectivity index (χ3n) is 2.39. The lowest BCUT2D eigenvalue weighted by atomic mass is 10.3. The summed E-state index contributed by atoms with van der Waals surface area (Å²) in [5.74, 6) is -2.04. The van der Waals surface area contributed by atoms with E-state index in [0.717, 1.165) is 17.9 Å². The number of thioether (sulfide) groups is 1. The van der Waals surface area contributed by atoms with E-state index in [-0.39, 0.29) is 11.7 Å². The number of carbonyl (C=O) groups excluding carboxylic acids is 1. The van der Waals surface area contributed by atoms with E-state index >= 15 is 0 Å². The molecule has 118 valence electrons. The number of carbonyl (C=O) groups is 1. The molecule has 8 heteroatoms. The van der Waals surface area contributed by atoms with Gasteiger partial charge in [0, 0.05) is 5.69 Å². The van der Waals surface area contributed by atoms with Gasteiger partial charge in [0.2, 0.25) is 15.7 Å². The fourth-order valence-corrected chi connectivity index (χ4v) is 2.98. The van der Waals surface area contributed by atoms with Gasteiger partial charge in [0.1, 0.15) is 0 Å². The zero-order chi connectivity index (χ0) is 16.0. The predicted molar refractivity (Wildman–Crippen MR) is 80.4 cm³/mol. The van der Waals surface area contributed by atoms with Crippen molar-refractivity contribution < 1.29 is 22.0 Å². The fraction of sp³-hybridized carbons (Fsp3) is 0.462. The average Bonchev–Trinajstić information content (AvgIpc) is 2.38. The van der Waals surface area contributed by atoms with Crippen LogP contribution in [0.4, 0.5) is 14.5 Å². The second-order valence-corrected chi connectivity index (χ2v) is 7.74.